The van der Waals surface area contributed by atoms with E-state index < -0.39 is 0 Å². The van der Waals surface area contributed by atoms with Crippen molar-refractivity contribution in [2.24, 2.45) is 0 Å². The lowest BCUT2D eigenvalue weighted by Crippen LogP contribution is -2.43. The number of benzene rings is 3. The number of nitrogens with one attached hydrogen (secondary N) is 3. The second-order valence-corrected chi connectivity index (χ2v) is 8.48. The first kappa shape index (κ1) is 20.5. The molecule has 34 heavy (non-hydrogen) atoms. The van der Waals surface area contributed by atoms with Gasteiger partial charge in [0, 0.05) is 24.4 Å². The first-order valence-corrected chi connectivity index (χ1v) is 11.5. The number of carbonyl (C=O) groups is 1. The van der Waals surface area contributed by atoms with E-state index in [1.807, 2.05) is 54.6 Å². The van der Waals surface area contributed by atoms with Crippen LogP contribution >= 0.6 is 0 Å². The summed E-state index contributed by atoms with van der Waals surface area (Å²) in [6.45, 7) is 3.24. The highest BCUT2D eigenvalue weighted by Crippen LogP contribution is 2.38. The molecule has 0 aliphatic carbocycles. The fraction of sp³-hybridized carbons (Fsp3) is 0.185. The SMILES string of the molecule is O=C1NC(c2ccccc2)=C(c2nc3ccccc3[nH]2)[C@H](c2ccc(N3CCOCC3)cc2)N1. The average molecular weight is 452 g/mol. The van der Waals surface area contributed by atoms with Gasteiger partial charge in [0.2, 0.25) is 0 Å². The van der Waals surface area contributed by atoms with Crippen molar-refractivity contribution in [3.05, 3.63) is 95.8 Å². The van der Waals surface area contributed by atoms with Gasteiger partial charge in [0.25, 0.3) is 0 Å². The van der Waals surface area contributed by atoms with E-state index in [1.54, 1.807) is 0 Å². The Balaban J connectivity index is 1.47. The summed E-state index contributed by atoms with van der Waals surface area (Å²) in [6.07, 6.45) is 0. The van der Waals surface area contributed by atoms with Gasteiger partial charge in [-0.25, -0.2) is 9.78 Å². The lowest BCUT2D eigenvalue weighted by Gasteiger charge is -2.31. The number of urea groups is 1. The van der Waals surface area contributed by atoms with Crippen LogP contribution in [0.4, 0.5) is 10.5 Å². The summed E-state index contributed by atoms with van der Waals surface area (Å²) in [6, 6.07) is 25.7. The summed E-state index contributed by atoms with van der Waals surface area (Å²) in [4.78, 5) is 23.4. The number of aromatic nitrogens is 2. The minimum Gasteiger partial charge on any atom is -0.378 e. The maximum atomic E-state index is 12.8. The number of aromatic amines is 1. The van der Waals surface area contributed by atoms with Gasteiger partial charge in [-0.15, -0.1) is 0 Å². The topological polar surface area (TPSA) is 82.3 Å². The zero-order valence-corrected chi connectivity index (χ0v) is 18.6. The van der Waals surface area contributed by atoms with E-state index in [0.717, 1.165) is 71.2 Å². The highest BCUT2D eigenvalue weighted by molar-refractivity contribution is 6.02. The summed E-state index contributed by atoms with van der Waals surface area (Å²) in [5, 5.41) is 6.16. The van der Waals surface area contributed by atoms with Crippen molar-refractivity contribution in [3.8, 4) is 0 Å². The van der Waals surface area contributed by atoms with Crippen LogP contribution in [0.15, 0.2) is 78.9 Å². The molecule has 1 saturated heterocycles. The summed E-state index contributed by atoms with van der Waals surface area (Å²) in [7, 11) is 0. The van der Waals surface area contributed by atoms with Gasteiger partial charge >= 0.3 is 6.03 Å². The lowest BCUT2D eigenvalue weighted by atomic mass is 9.92. The largest absolute Gasteiger partial charge is 0.378 e. The minimum absolute atomic E-state index is 0.235. The van der Waals surface area contributed by atoms with E-state index in [4.69, 9.17) is 9.72 Å². The van der Waals surface area contributed by atoms with Gasteiger partial charge < -0.3 is 25.3 Å². The molecule has 6 rings (SSSR count). The molecule has 0 saturated carbocycles. The Morgan fingerprint density at radius 2 is 1.62 bits per heavy atom. The predicted molar refractivity (Wildman–Crippen MR) is 133 cm³/mol. The number of fused-ring (bicyclic) bond motifs is 1. The molecule has 0 radical (unpaired) electrons. The standard InChI is InChI=1S/C27H25N5O2/c33-27-30-24(18-6-2-1-3-7-18)23(26-28-21-8-4-5-9-22(21)29-26)25(31-27)19-10-12-20(13-11-19)32-14-16-34-17-15-32/h1-13,25H,14-17H2,(H,28,29)(H2,30,31,33)/t25-/m0/s1. The summed E-state index contributed by atoms with van der Waals surface area (Å²) >= 11 is 0. The van der Waals surface area contributed by atoms with Crippen molar-refractivity contribution in [2.45, 2.75) is 6.04 Å². The average Bonchev–Trinajstić information content (AvgIpc) is 3.33. The number of carbonyl (C=O) groups excluding carboxylic acids is 1. The predicted octanol–water partition coefficient (Wildman–Crippen LogP) is 4.32. The number of rotatable bonds is 4. The summed E-state index contributed by atoms with van der Waals surface area (Å²) < 4.78 is 5.48. The van der Waals surface area contributed by atoms with E-state index >= 15 is 0 Å². The van der Waals surface area contributed by atoms with Crippen LogP contribution in [0.3, 0.4) is 0 Å². The Hall–Kier alpha value is -4.10. The number of morpholine rings is 1. The third kappa shape index (κ3) is 3.80. The van der Waals surface area contributed by atoms with E-state index in [0.29, 0.717) is 0 Å². The van der Waals surface area contributed by atoms with Gasteiger partial charge in [-0.1, -0.05) is 54.6 Å². The number of ether oxygens (including phenoxy) is 1. The van der Waals surface area contributed by atoms with Crippen molar-refractivity contribution in [2.75, 3.05) is 31.2 Å². The molecule has 1 atom stereocenters. The monoisotopic (exact) mass is 451 g/mol. The highest BCUT2D eigenvalue weighted by atomic mass is 16.5. The van der Waals surface area contributed by atoms with Crippen molar-refractivity contribution >= 4 is 34.0 Å². The zero-order valence-electron chi connectivity index (χ0n) is 18.6. The Bertz CT molecular complexity index is 1320. The molecule has 0 unspecified atom stereocenters. The molecule has 1 fully saturated rings. The van der Waals surface area contributed by atoms with Gasteiger partial charge in [0.15, 0.2) is 0 Å². The first-order chi connectivity index (χ1) is 16.8. The molecule has 4 aromatic rings. The molecule has 0 spiro atoms. The second-order valence-electron chi connectivity index (χ2n) is 8.48. The van der Waals surface area contributed by atoms with Crippen molar-refractivity contribution in [1.29, 1.82) is 0 Å². The molecule has 0 bridgehead atoms. The number of H-pyrrole nitrogens is 1. The van der Waals surface area contributed by atoms with E-state index in [1.165, 1.54) is 0 Å². The smallest absolute Gasteiger partial charge is 0.320 e. The maximum absolute atomic E-state index is 12.8. The molecule has 7 nitrogen and oxygen atoms in total. The van der Waals surface area contributed by atoms with Crippen LogP contribution < -0.4 is 15.5 Å². The number of para-hydroxylation sites is 2. The van der Waals surface area contributed by atoms with Crippen molar-refractivity contribution < 1.29 is 9.53 Å². The lowest BCUT2D eigenvalue weighted by molar-refractivity contribution is 0.122. The van der Waals surface area contributed by atoms with Crippen LogP contribution in [0.25, 0.3) is 22.3 Å². The van der Waals surface area contributed by atoms with Crippen LogP contribution in [0.2, 0.25) is 0 Å². The molecule has 7 heteroatoms. The molecule has 2 amide bonds. The Morgan fingerprint density at radius 3 is 2.38 bits per heavy atom. The molecule has 2 aliphatic heterocycles. The number of hydrogen-bond donors (Lipinski definition) is 3. The number of hydrogen-bond acceptors (Lipinski definition) is 4. The minimum atomic E-state index is -0.358. The second kappa shape index (κ2) is 8.68. The molecule has 3 N–H and O–H groups in total. The van der Waals surface area contributed by atoms with Gasteiger partial charge in [-0.2, -0.15) is 0 Å². The van der Waals surface area contributed by atoms with Gasteiger partial charge in [-0.05, 0) is 35.4 Å². The third-order valence-electron chi connectivity index (χ3n) is 6.38. The zero-order chi connectivity index (χ0) is 22.9. The first-order valence-electron chi connectivity index (χ1n) is 11.5. The van der Waals surface area contributed by atoms with Crippen LogP contribution in [0.1, 0.15) is 23.0 Å². The van der Waals surface area contributed by atoms with Gasteiger partial charge in [0.05, 0.1) is 36.0 Å². The summed E-state index contributed by atoms with van der Waals surface area (Å²) in [5.74, 6) is 0.731. The van der Waals surface area contributed by atoms with Crippen molar-refractivity contribution in [3.63, 3.8) is 0 Å². The maximum Gasteiger partial charge on any atom is 0.320 e. The molecule has 170 valence electrons. The highest BCUT2D eigenvalue weighted by Gasteiger charge is 2.32. The van der Waals surface area contributed by atoms with E-state index in [2.05, 4.69) is 44.8 Å². The van der Waals surface area contributed by atoms with Crippen LogP contribution in [-0.2, 0) is 4.74 Å². The summed E-state index contributed by atoms with van der Waals surface area (Å²) in [5.41, 5.74) is 6.58. The van der Waals surface area contributed by atoms with E-state index in [-0.39, 0.29) is 12.1 Å². The number of anilines is 1. The number of amides is 2. The molecule has 2 aliphatic rings. The third-order valence-corrected chi connectivity index (χ3v) is 6.38. The molecule has 3 aromatic carbocycles. The Kier molecular flexibility index (Phi) is 5.24. The number of nitrogens with zero attached hydrogens (tertiary/aromatic N) is 2. The van der Waals surface area contributed by atoms with E-state index in [9.17, 15) is 4.79 Å². The molecule has 3 heterocycles. The van der Waals surface area contributed by atoms with Crippen molar-refractivity contribution in [1.82, 2.24) is 20.6 Å². The van der Waals surface area contributed by atoms with Crippen LogP contribution in [0, 0.1) is 0 Å². The van der Waals surface area contributed by atoms with Crippen LogP contribution in [-0.4, -0.2) is 42.3 Å². The fourth-order valence-electron chi connectivity index (χ4n) is 4.68. The number of imidazole rings is 1. The Morgan fingerprint density at radius 1 is 0.882 bits per heavy atom. The molecular weight excluding hydrogens is 426 g/mol. The molecule has 1 aromatic heterocycles. The Labute approximate surface area is 197 Å². The molecular formula is C27H25N5O2. The van der Waals surface area contributed by atoms with Gasteiger partial charge in [-0.3, -0.25) is 0 Å². The van der Waals surface area contributed by atoms with Crippen LogP contribution in [0.5, 0.6) is 0 Å². The van der Waals surface area contributed by atoms with Gasteiger partial charge in [0.1, 0.15) is 5.82 Å². The quantitative estimate of drug-likeness (QED) is 0.432. The fourth-order valence-corrected chi connectivity index (χ4v) is 4.68. The normalized spacial score (nSPS) is 18.6.